The third kappa shape index (κ3) is 2.74. The fraction of sp³-hybridized carbons (Fsp3) is 0.263. The van der Waals surface area contributed by atoms with Crippen LogP contribution in [0.15, 0.2) is 30.3 Å². The summed E-state index contributed by atoms with van der Waals surface area (Å²) in [6.07, 6.45) is 2.25. The average molecular weight is 357 g/mol. The lowest BCUT2D eigenvalue weighted by Crippen LogP contribution is -2.31. The minimum atomic E-state index is -0.288. The van der Waals surface area contributed by atoms with Gasteiger partial charge in [-0.05, 0) is 54.3 Å². The third-order valence-electron chi connectivity index (χ3n) is 4.67. The van der Waals surface area contributed by atoms with Crippen LogP contribution in [0, 0.1) is 0 Å². The van der Waals surface area contributed by atoms with Gasteiger partial charge in [-0.3, -0.25) is 9.59 Å². The first-order valence-electron chi connectivity index (χ1n) is 8.18. The first-order valence-corrected chi connectivity index (χ1v) is 8.55. The van der Waals surface area contributed by atoms with Crippen LogP contribution in [0.2, 0.25) is 5.02 Å². The number of nitrogens with one attached hydrogen (secondary N) is 1. The van der Waals surface area contributed by atoms with Crippen LogP contribution < -0.4 is 15.0 Å². The summed E-state index contributed by atoms with van der Waals surface area (Å²) in [5.74, 6) is 0.310. The highest BCUT2D eigenvalue weighted by molar-refractivity contribution is 6.31. The topological polar surface area (TPSA) is 58.6 Å². The first-order chi connectivity index (χ1) is 12.1. The van der Waals surface area contributed by atoms with E-state index in [2.05, 4.69) is 5.32 Å². The van der Waals surface area contributed by atoms with E-state index in [1.54, 1.807) is 18.2 Å². The number of benzene rings is 2. The van der Waals surface area contributed by atoms with Crippen LogP contribution in [0.1, 0.15) is 27.9 Å². The standard InChI is InChI=1S/C19H17ClN2O3/c1-25-16-5-4-13(20)10-15(16)19(24)21-14-7-11-3-2-6-22-17(23)9-12(8-14)18(11)22/h4-5,7-8,10H,2-3,6,9H2,1H3,(H,21,24). The Morgan fingerprint density at radius 3 is 2.84 bits per heavy atom. The molecule has 0 bridgehead atoms. The fourth-order valence-corrected chi connectivity index (χ4v) is 3.78. The van der Waals surface area contributed by atoms with Crippen LogP contribution in [-0.2, 0) is 17.6 Å². The monoisotopic (exact) mass is 356 g/mol. The van der Waals surface area contributed by atoms with Gasteiger partial charge in [0.1, 0.15) is 5.75 Å². The average Bonchev–Trinajstić information content (AvgIpc) is 2.92. The van der Waals surface area contributed by atoms with Crippen molar-refractivity contribution in [3.8, 4) is 5.75 Å². The SMILES string of the molecule is COc1ccc(Cl)cc1C(=O)Nc1cc2c3c(c1)CC(=O)N3CCC2. The molecule has 128 valence electrons. The number of anilines is 2. The highest BCUT2D eigenvalue weighted by Crippen LogP contribution is 2.39. The van der Waals surface area contributed by atoms with E-state index in [0.29, 0.717) is 28.4 Å². The van der Waals surface area contributed by atoms with Gasteiger partial charge in [0.05, 0.1) is 24.8 Å². The van der Waals surface area contributed by atoms with Gasteiger partial charge >= 0.3 is 0 Å². The Morgan fingerprint density at radius 2 is 2.04 bits per heavy atom. The molecule has 2 heterocycles. The quantitative estimate of drug-likeness (QED) is 0.916. The van der Waals surface area contributed by atoms with Gasteiger partial charge in [0.15, 0.2) is 0 Å². The zero-order valence-electron chi connectivity index (χ0n) is 13.8. The Hall–Kier alpha value is -2.53. The summed E-state index contributed by atoms with van der Waals surface area (Å²) in [5.41, 5.74) is 4.20. The molecule has 0 unspecified atom stereocenters. The minimum absolute atomic E-state index is 0.135. The fourth-order valence-electron chi connectivity index (χ4n) is 3.61. The number of methoxy groups -OCH3 is 1. The van der Waals surface area contributed by atoms with Crippen LogP contribution in [0.25, 0.3) is 0 Å². The number of carbonyl (C=O) groups is 2. The second kappa shape index (κ2) is 6.08. The number of amides is 2. The van der Waals surface area contributed by atoms with Crippen molar-refractivity contribution in [2.45, 2.75) is 19.3 Å². The summed E-state index contributed by atoms with van der Waals surface area (Å²) in [4.78, 5) is 26.7. The predicted octanol–water partition coefficient (Wildman–Crippen LogP) is 3.44. The van der Waals surface area contributed by atoms with E-state index in [1.165, 1.54) is 7.11 Å². The van der Waals surface area contributed by atoms with Crippen LogP contribution >= 0.6 is 11.6 Å². The number of hydrogen-bond acceptors (Lipinski definition) is 3. The van der Waals surface area contributed by atoms with E-state index in [4.69, 9.17) is 16.3 Å². The molecule has 0 atom stereocenters. The summed E-state index contributed by atoms with van der Waals surface area (Å²) < 4.78 is 5.24. The van der Waals surface area contributed by atoms with Crippen molar-refractivity contribution in [1.82, 2.24) is 0 Å². The molecule has 0 saturated carbocycles. The van der Waals surface area contributed by atoms with Crippen LogP contribution in [0.4, 0.5) is 11.4 Å². The molecule has 5 nitrogen and oxygen atoms in total. The summed E-state index contributed by atoms with van der Waals surface area (Å²) in [7, 11) is 1.51. The van der Waals surface area contributed by atoms with E-state index in [0.717, 1.165) is 36.2 Å². The molecule has 25 heavy (non-hydrogen) atoms. The molecule has 0 fully saturated rings. The van der Waals surface area contributed by atoms with Gasteiger partial charge in [-0.15, -0.1) is 0 Å². The van der Waals surface area contributed by atoms with Gasteiger partial charge in [0.25, 0.3) is 5.91 Å². The number of rotatable bonds is 3. The molecule has 6 heteroatoms. The largest absolute Gasteiger partial charge is 0.496 e. The lowest BCUT2D eigenvalue weighted by Gasteiger charge is -2.26. The Balaban J connectivity index is 1.67. The summed E-state index contributed by atoms with van der Waals surface area (Å²) >= 11 is 6.01. The predicted molar refractivity (Wildman–Crippen MR) is 96.8 cm³/mol. The smallest absolute Gasteiger partial charge is 0.259 e. The zero-order valence-corrected chi connectivity index (χ0v) is 14.5. The van der Waals surface area contributed by atoms with E-state index in [9.17, 15) is 9.59 Å². The van der Waals surface area contributed by atoms with Gasteiger partial charge in [0.2, 0.25) is 5.91 Å². The lowest BCUT2D eigenvalue weighted by atomic mass is 9.99. The van der Waals surface area contributed by atoms with Crippen molar-refractivity contribution < 1.29 is 14.3 Å². The molecule has 0 saturated heterocycles. The van der Waals surface area contributed by atoms with Crippen molar-refractivity contribution in [3.05, 3.63) is 52.0 Å². The molecule has 0 aromatic heterocycles. The minimum Gasteiger partial charge on any atom is -0.496 e. The van der Waals surface area contributed by atoms with Crippen molar-refractivity contribution in [1.29, 1.82) is 0 Å². The second-order valence-corrected chi connectivity index (χ2v) is 6.70. The lowest BCUT2D eigenvalue weighted by molar-refractivity contribution is -0.117. The number of ether oxygens (including phenoxy) is 1. The normalized spacial score (nSPS) is 15.1. The summed E-state index contributed by atoms with van der Waals surface area (Å²) in [6.45, 7) is 0.782. The number of aryl methyl sites for hydroxylation is 1. The molecule has 2 amide bonds. The first kappa shape index (κ1) is 16.0. The van der Waals surface area contributed by atoms with Gasteiger partial charge < -0.3 is 15.0 Å². The number of hydrogen-bond donors (Lipinski definition) is 1. The van der Waals surface area contributed by atoms with Gasteiger partial charge in [-0.2, -0.15) is 0 Å². The van der Waals surface area contributed by atoms with E-state index in [-0.39, 0.29) is 11.8 Å². The van der Waals surface area contributed by atoms with E-state index >= 15 is 0 Å². The molecule has 0 radical (unpaired) electrons. The van der Waals surface area contributed by atoms with Gasteiger partial charge in [-0.25, -0.2) is 0 Å². The zero-order chi connectivity index (χ0) is 17.6. The number of carbonyl (C=O) groups excluding carboxylic acids is 2. The number of halogens is 1. The van der Waals surface area contributed by atoms with Crippen molar-refractivity contribution in [2.75, 3.05) is 23.9 Å². The molecule has 0 spiro atoms. The Morgan fingerprint density at radius 1 is 1.24 bits per heavy atom. The van der Waals surface area contributed by atoms with Crippen molar-refractivity contribution in [2.24, 2.45) is 0 Å². The maximum absolute atomic E-state index is 12.7. The molecule has 2 aromatic carbocycles. The van der Waals surface area contributed by atoms with Crippen molar-refractivity contribution in [3.63, 3.8) is 0 Å². The molecular weight excluding hydrogens is 340 g/mol. The van der Waals surface area contributed by atoms with Crippen LogP contribution in [0.5, 0.6) is 5.75 Å². The Bertz CT molecular complexity index is 894. The van der Waals surface area contributed by atoms with E-state index in [1.807, 2.05) is 17.0 Å². The summed E-state index contributed by atoms with van der Waals surface area (Å²) in [5, 5.41) is 3.38. The maximum Gasteiger partial charge on any atom is 0.259 e. The number of nitrogens with zero attached hydrogens (tertiary/aromatic N) is 1. The Labute approximate surface area is 150 Å². The molecule has 1 N–H and O–H groups in total. The van der Waals surface area contributed by atoms with E-state index < -0.39 is 0 Å². The molecule has 4 rings (SSSR count). The highest BCUT2D eigenvalue weighted by atomic mass is 35.5. The molecule has 2 aliphatic heterocycles. The molecule has 0 aliphatic carbocycles. The molecular formula is C19H17ClN2O3. The highest BCUT2D eigenvalue weighted by Gasteiger charge is 2.32. The van der Waals surface area contributed by atoms with Crippen LogP contribution in [-0.4, -0.2) is 25.5 Å². The third-order valence-corrected chi connectivity index (χ3v) is 4.91. The van der Waals surface area contributed by atoms with Crippen LogP contribution in [0.3, 0.4) is 0 Å². The maximum atomic E-state index is 12.7. The Kier molecular flexibility index (Phi) is 3.88. The molecule has 2 aliphatic rings. The summed E-state index contributed by atoms with van der Waals surface area (Å²) in [6, 6.07) is 8.77. The van der Waals surface area contributed by atoms with Crippen molar-refractivity contribution >= 4 is 34.8 Å². The molecule has 2 aromatic rings. The van der Waals surface area contributed by atoms with Gasteiger partial charge in [0, 0.05) is 17.3 Å². The second-order valence-electron chi connectivity index (χ2n) is 6.27. The van der Waals surface area contributed by atoms with Gasteiger partial charge in [-0.1, -0.05) is 11.6 Å².